The second kappa shape index (κ2) is 10.1. The summed E-state index contributed by atoms with van der Waals surface area (Å²) in [7, 11) is 0. The van der Waals surface area contributed by atoms with Crippen molar-refractivity contribution in [1.82, 2.24) is 19.8 Å². The molecule has 2 aliphatic carbocycles. The predicted octanol–water partition coefficient (Wildman–Crippen LogP) is 4.90. The number of carbonyl (C=O) groups excluding carboxylic acids is 1. The van der Waals surface area contributed by atoms with Crippen molar-refractivity contribution in [2.24, 2.45) is 0 Å². The largest absolute Gasteiger partial charge is 0.336 e. The molecule has 0 unspecified atom stereocenters. The van der Waals surface area contributed by atoms with Crippen LogP contribution in [0.1, 0.15) is 64.2 Å². The number of carbonyl (C=O) groups is 1. The van der Waals surface area contributed by atoms with Crippen LogP contribution in [-0.2, 0) is 4.79 Å². The van der Waals surface area contributed by atoms with Crippen molar-refractivity contribution in [2.75, 3.05) is 11.6 Å². The van der Waals surface area contributed by atoms with Crippen LogP contribution in [0.4, 0.5) is 0 Å². The Labute approximate surface area is 187 Å². The number of amides is 1. The van der Waals surface area contributed by atoms with Gasteiger partial charge in [0.2, 0.25) is 11.1 Å². The third-order valence-corrected chi connectivity index (χ3v) is 7.50. The van der Waals surface area contributed by atoms with Crippen LogP contribution in [-0.4, -0.2) is 43.5 Å². The van der Waals surface area contributed by atoms with Crippen LogP contribution in [0.3, 0.4) is 0 Å². The van der Waals surface area contributed by atoms with E-state index >= 15 is 0 Å². The summed E-state index contributed by atoms with van der Waals surface area (Å²) in [4.78, 5) is 15.6. The van der Waals surface area contributed by atoms with Gasteiger partial charge in [-0.3, -0.25) is 4.79 Å². The Morgan fingerprint density at radius 1 is 1.00 bits per heavy atom. The highest BCUT2D eigenvalue weighted by molar-refractivity contribution is 7.99. The van der Waals surface area contributed by atoms with Crippen LogP contribution in [0.15, 0.2) is 29.4 Å². The van der Waals surface area contributed by atoms with Gasteiger partial charge in [0.15, 0.2) is 5.82 Å². The van der Waals surface area contributed by atoms with E-state index in [0.29, 0.717) is 33.8 Å². The topological polar surface area (TPSA) is 77.0 Å². The molecular formula is C22H30ClN5OS. The molecular weight excluding hydrogens is 418 g/mol. The molecule has 8 heteroatoms. The summed E-state index contributed by atoms with van der Waals surface area (Å²) in [5.74, 6) is 7.37. The van der Waals surface area contributed by atoms with Gasteiger partial charge in [-0.25, -0.2) is 4.68 Å². The van der Waals surface area contributed by atoms with Gasteiger partial charge in [0.05, 0.1) is 5.75 Å². The van der Waals surface area contributed by atoms with E-state index in [1.54, 1.807) is 12.1 Å². The average Bonchev–Trinajstić information content (AvgIpc) is 3.15. The number of halogens is 1. The molecule has 1 amide bonds. The molecule has 0 atom stereocenters. The van der Waals surface area contributed by atoms with Gasteiger partial charge in [-0.05, 0) is 49.9 Å². The zero-order valence-electron chi connectivity index (χ0n) is 17.3. The first-order chi connectivity index (χ1) is 14.6. The number of thioether (sulfide) groups is 1. The number of nitrogens with two attached hydrogens (primary N) is 1. The molecule has 2 N–H and O–H groups in total. The lowest BCUT2D eigenvalue weighted by molar-refractivity contribution is -0.135. The quantitative estimate of drug-likeness (QED) is 0.503. The van der Waals surface area contributed by atoms with Crippen LogP contribution in [0.25, 0.3) is 11.4 Å². The highest BCUT2D eigenvalue weighted by Crippen LogP contribution is 2.31. The molecule has 4 rings (SSSR count). The van der Waals surface area contributed by atoms with E-state index in [2.05, 4.69) is 15.1 Å². The molecule has 2 aliphatic rings. The Morgan fingerprint density at radius 3 is 2.13 bits per heavy atom. The summed E-state index contributed by atoms with van der Waals surface area (Å²) in [5.41, 5.74) is 0.846. The Bertz CT molecular complexity index is 826. The molecule has 0 spiro atoms. The van der Waals surface area contributed by atoms with Crippen molar-refractivity contribution in [1.29, 1.82) is 0 Å². The number of nitrogens with zero attached hydrogens (tertiary/aromatic N) is 4. The van der Waals surface area contributed by atoms with E-state index in [0.717, 1.165) is 31.2 Å². The van der Waals surface area contributed by atoms with Gasteiger partial charge in [0.1, 0.15) is 0 Å². The molecule has 0 radical (unpaired) electrons. The normalized spacial score (nSPS) is 18.4. The summed E-state index contributed by atoms with van der Waals surface area (Å²) < 4.78 is 1.47. The molecule has 0 bridgehead atoms. The fourth-order valence-corrected chi connectivity index (χ4v) is 5.65. The van der Waals surface area contributed by atoms with Crippen LogP contribution < -0.4 is 5.84 Å². The number of aromatic nitrogens is 3. The Balaban J connectivity index is 1.44. The smallest absolute Gasteiger partial charge is 0.233 e. The SMILES string of the molecule is Nn1c(SCC(=O)N(C2CCCCC2)C2CCCCC2)nnc1-c1ccc(Cl)cc1. The van der Waals surface area contributed by atoms with Crippen molar-refractivity contribution in [2.45, 2.75) is 81.4 Å². The predicted molar refractivity (Wildman–Crippen MR) is 122 cm³/mol. The molecule has 0 aliphatic heterocycles. The zero-order chi connectivity index (χ0) is 20.9. The molecule has 2 saturated carbocycles. The van der Waals surface area contributed by atoms with Crippen LogP contribution >= 0.6 is 23.4 Å². The van der Waals surface area contributed by atoms with Crippen molar-refractivity contribution in [3.05, 3.63) is 29.3 Å². The maximum absolute atomic E-state index is 13.3. The summed E-state index contributed by atoms with van der Waals surface area (Å²) >= 11 is 7.34. The first-order valence-corrected chi connectivity index (χ1v) is 12.4. The maximum Gasteiger partial charge on any atom is 0.233 e. The Morgan fingerprint density at radius 2 is 1.57 bits per heavy atom. The van der Waals surface area contributed by atoms with Gasteiger partial charge in [-0.15, -0.1) is 10.2 Å². The van der Waals surface area contributed by atoms with Crippen LogP contribution in [0.5, 0.6) is 0 Å². The van der Waals surface area contributed by atoms with E-state index in [1.165, 1.54) is 55.0 Å². The van der Waals surface area contributed by atoms with Gasteiger partial charge >= 0.3 is 0 Å². The van der Waals surface area contributed by atoms with E-state index in [-0.39, 0.29) is 5.91 Å². The minimum atomic E-state index is 0.217. The lowest BCUT2D eigenvalue weighted by Crippen LogP contribution is -2.49. The van der Waals surface area contributed by atoms with Crippen molar-refractivity contribution < 1.29 is 4.79 Å². The highest BCUT2D eigenvalue weighted by Gasteiger charge is 2.32. The molecule has 2 aromatic rings. The highest BCUT2D eigenvalue weighted by atomic mass is 35.5. The third kappa shape index (κ3) is 4.94. The minimum absolute atomic E-state index is 0.217. The second-order valence-corrected chi connectivity index (χ2v) is 9.74. The number of hydrogen-bond acceptors (Lipinski definition) is 5. The number of hydrogen-bond donors (Lipinski definition) is 1. The van der Waals surface area contributed by atoms with Gasteiger partial charge < -0.3 is 10.7 Å². The molecule has 1 aromatic heterocycles. The van der Waals surface area contributed by atoms with E-state index in [9.17, 15) is 4.79 Å². The van der Waals surface area contributed by atoms with Gasteiger partial charge in [-0.1, -0.05) is 61.9 Å². The zero-order valence-corrected chi connectivity index (χ0v) is 18.9. The monoisotopic (exact) mass is 447 g/mol. The molecule has 2 fully saturated rings. The van der Waals surface area contributed by atoms with Crippen molar-refractivity contribution in [3.63, 3.8) is 0 Å². The summed E-state index contributed by atoms with van der Waals surface area (Å²) in [6.45, 7) is 0. The first-order valence-electron chi connectivity index (χ1n) is 11.0. The summed E-state index contributed by atoms with van der Waals surface area (Å²) in [6, 6.07) is 8.12. The second-order valence-electron chi connectivity index (χ2n) is 8.36. The third-order valence-electron chi connectivity index (χ3n) is 6.32. The average molecular weight is 448 g/mol. The summed E-state index contributed by atoms with van der Waals surface area (Å²) in [6.07, 6.45) is 12.1. The fraction of sp³-hybridized carbons (Fsp3) is 0.591. The van der Waals surface area contributed by atoms with Gasteiger partial charge in [0, 0.05) is 22.7 Å². The number of nitrogen functional groups attached to an aromatic ring is 1. The molecule has 162 valence electrons. The van der Waals surface area contributed by atoms with Gasteiger partial charge in [-0.2, -0.15) is 0 Å². The molecule has 30 heavy (non-hydrogen) atoms. The molecule has 0 saturated heterocycles. The standard InChI is InChI=1S/C22H30ClN5OS/c23-17-13-11-16(12-14-17)21-25-26-22(28(21)24)30-15-20(29)27(18-7-3-1-4-8-18)19-9-5-2-6-10-19/h11-14,18-19H,1-10,15,24H2. The van der Waals surface area contributed by atoms with Crippen LogP contribution in [0, 0.1) is 0 Å². The Kier molecular flexibility index (Phi) is 7.20. The molecule has 1 aromatic carbocycles. The number of rotatable bonds is 6. The maximum atomic E-state index is 13.3. The first kappa shape index (κ1) is 21.5. The summed E-state index contributed by atoms with van der Waals surface area (Å²) in [5, 5.41) is 9.65. The van der Waals surface area contributed by atoms with E-state index < -0.39 is 0 Å². The number of benzene rings is 1. The van der Waals surface area contributed by atoms with E-state index in [1.807, 2.05) is 12.1 Å². The minimum Gasteiger partial charge on any atom is -0.336 e. The lowest BCUT2D eigenvalue weighted by Gasteiger charge is -2.41. The van der Waals surface area contributed by atoms with Crippen LogP contribution in [0.2, 0.25) is 5.02 Å². The Hall–Kier alpha value is -1.73. The van der Waals surface area contributed by atoms with E-state index in [4.69, 9.17) is 17.4 Å². The molecule has 1 heterocycles. The fourth-order valence-electron chi connectivity index (χ4n) is 4.80. The molecule has 6 nitrogen and oxygen atoms in total. The van der Waals surface area contributed by atoms with Gasteiger partial charge in [0.25, 0.3) is 0 Å². The lowest BCUT2D eigenvalue weighted by atomic mass is 9.88. The van der Waals surface area contributed by atoms with Crippen molar-refractivity contribution >= 4 is 29.3 Å². The van der Waals surface area contributed by atoms with Crippen molar-refractivity contribution in [3.8, 4) is 11.4 Å².